The summed E-state index contributed by atoms with van der Waals surface area (Å²) in [5, 5.41) is 4.23. The number of halogens is 2. The van der Waals surface area contributed by atoms with Crippen molar-refractivity contribution < 1.29 is 23.1 Å². The molecule has 1 aliphatic heterocycles. The molecule has 182 valence electrons. The molecule has 1 amide bonds. The standard InChI is InChI=1S/C26H25F2N3O4/c1-4-30-14-20(22(16-7-5-9-18(27)11-16)17-8-6-10-19(28)12-17)31-23(25(30)33)24(21(32)13-29-31)35-26(34)15(2)3/h5-13,15,20,22H,4,14H2,1-3H3. The lowest BCUT2D eigenvalue weighted by Crippen LogP contribution is -2.47. The average Bonchev–Trinajstić information content (AvgIpc) is 2.82. The van der Waals surface area contributed by atoms with Gasteiger partial charge < -0.3 is 9.64 Å². The summed E-state index contributed by atoms with van der Waals surface area (Å²) in [6.45, 7) is 5.46. The van der Waals surface area contributed by atoms with E-state index in [1.54, 1.807) is 45.0 Å². The highest BCUT2D eigenvalue weighted by Crippen LogP contribution is 2.39. The van der Waals surface area contributed by atoms with Crippen molar-refractivity contribution in [3.05, 3.63) is 93.4 Å². The van der Waals surface area contributed by atoms with Crippen molar-refractivity contribution in [2.45, 2.75) is 32.7 Å². The number of rotatable bonds is 6. The Morgan fingerprint density at radius 2 is 1.69 bits per heavy atom. The Bertz CT molecular complexity index is 1290. The number of ether oxygens (including phenoxy) is 1. The van der Waals surface area contributed by atoms with Crippen molar-refractivity contribution in [1.82, 2.24) is 14.7 Å². The maximum absolute atomic E-state index is 14.3. The van der Waals surface area contributed by atoms with E-state index in [1.807, 2.05) is 0 Å². The summed E-state index contributed by atoms with van der Waals surface area (Å²) in [6.07, 6.45) is 0.989. The highest BCUT2D eigenvalue weighted by Gasteiger charge is 2.40. The summed E-state index contributed by atoms with van der Waals surface area (Å²) in [4.78, 5) is 39.9. The van der Waals surface area contributed by atoms with Crippen LogP contribution in [0, 0.1) is 17.6 Å². The first-order valence-electron chi connectivity index (χ1n) is 11.3. The van der Waals surface area contributed by atoms with Crippen molar-refractivity contribution in [2.75, 3.05) is 13.1 Å². The number of nitrogens with zero attached hydrogens (tertiary/aromatic N) is 3. The number of likely N-dealkylation sites (N-methyl/N-ethyl adjacent to an activating group) is 1. The SMILES string of the molecule is CCN1CC(C(c2cccc(F)c2)c2cccc(F)c2)n2ncc(=O)c(OC(=O)C(C)C)c2C1=O. The van der Waals surface area contributed by atoms with Crippen LogP contribution < -0.4 is 10.2 Å². The molecule has 3 aromatic rings. The summed E-state index contributed by atoms with van der Waals surface area (Å²) in [5.74, 6) is -3.69. The van der Waals surface area contributed by atoms with Gasteiger partial charge in [0.25, 0.3) is 5.91 Å². The minimum absolute atomic E-state index is 0.160. The van der Waals surface area contributed by atoms with Crippen LogP contribution >= 0.6 is 0 Å². The van der Waals surface area contributed by atoms with E-state index in [0.717, 1.165) is 6.20 Å². The Balaban J connectivity index is 1.96. The van der Waals surface area contributed by atoms with E-state index in [0.29, 0.717) is 17.7 Å². The maximum Gasteiger partial charge on any atom is 0.313 e. The molecule has 0 saturated carbocycles. The molecule has 0 bridgehead atoms. The van der Waals surface area contributed by atoms with Crippen LogP contribution in [-0.2, 0) is 4.79 Å². The zero-order chi connectivity index (χ0) is 25.3. The van der Waals surface area contributed by atoms with Crippen LogP contribution in [0.25, 0.3) is 0 Å². The molecule has 0 radical (unpaired) electrons. The Morgan fingerprint density at radius 1 is 1.09 bits per heavy atom. The van der Waals surface area contributed by atoms with Crippen molar-refractivity contribution in [1.29, 1.82) is 0 Å². The van der Waals surface area contributed by atoms with Gasteiger partial charge in [0.05, 0.1) is 18.2 Å². The summed E-state index contributed by atoms with van der Waals surface area (Å²) in [7, 11) is 0. The van der Waals surface area contributed by atoms with Crippen molar-refractivity contribution in [2.24, 2.45) is 5.92 Å². The Labute approximate surface area is 200 Å². The second kappa shape index (κ2) is 9.77. The number of aromatic nitrogens is 2. The molecule has 2 aromatic carbocycles. The summed E-state index contributed by atoms with van der Waals surface area (Å²) in [6, 6.07) is 11.2. The first-order chi connectivity index (χ1) is 16.7. The van der Waals surface area contributed by atoms with Crippen LogP contribution in [0.4, 0.5) is 8.78 Å². The molecule has 1 aromatic heterocycles. The molecule has 2 heterocycles. The zero-order valence-corrected chi connectivity index (χ0v) is 19.6. The van der Waals surface area contributed by atoms with Crippen LogP contribution in [0.1, 0.15) is 54.3 Å². The summed E-state index contributed by atoms with van der Waals surface area (Å²) in [5.41, 5.74) is 0.210. The monoisotopic (exact) mass is 481 g/mol. The minimum atomic E-state index is -0.705. The lowest BCUT2D eigenvalue weighted by molar-refractivity contribution is -0.137. The average molecular weight is 481 g/mol. The number of amides is 1. The van der Waals surface area contributed by atoms with Gasteiger partial charge in [-0.15, -0.1) is 0 Å². The molecular formula is C26H25F2N3O4. The van der Waals surface area contributed by atoms with E-state index >= 15 is 0 Å². The first-order valence-corrected chi connectivity index (χ1v) is 11.3. The Hall–Kier alpha value is -3.88. The lowest BCUT2D eigenvalue weighted by atomic mass is 9.83. The second-order valence-electron chi connectivity index (χ2n) is 8.71. The molecule has 0 N–H and O–H groups in total. The Kier molecular flexibility index (Phi) is 6.77. The third-order valence-electron chi connectivity index (χ3n) is 6.03. The van der Waals surface area contributed by atoms with Gasteiger partial charge in [-0.05, 0) is 42.3 Å². The van der Waals surface area contributed by atoms with E-state index in [-0.39, 0.29) is 12.2 Å². The molecule has 1 aliphatic rings. The van der Waals surface area contributed by atoms with Gasteiger partial charge in [-0.25, -0.2) is 8.78 Å². The van der Waals surface area contributed by atoms with Gasteiger partial charge in [-0.1, -0.05) is 38.1 Å². The zero-order valence-electron chi connectivity index (χ0n) is 19.6. The van der Waals surface area contributed by atoms with Gasteiger partial charge in [0.15, 0.2) is 5.69 Å². The quantitative estimate of drug-likeness (QED) is 0.499. The highest BCUT2D eigenvalue weighted by atomic mass is 19.1. The fourth-order valence-corrected chi connectivity index (χ4v) is 4.31. The minimum Gasteiger partial charge on any atom is -0.420 e. The van der Waals surface area contributed by atoms with Crippen molar-refractivity contribution in [3.63, 3.8) is 0 Å². The lowest BCUT2D eigenvalue weighted by Gasteiger charge is -2.39. The molecule has 0 spiro atoms. The Morgan fingerprint density at radius 3 is 2.20 bits per heavy atom. The molecular weight excluding hydrogens is 456 g/mol. The van der Waals surface area contributed by atoms with E-state index < -0.39 is 52.6 Å². The van der Waals surface area contributed by atoms with Gasteiger partial charge >= 0.3 is 5.97 Å². The molecule has 35 heavy (non-hydrogen) atoms. The van der Waals surface area contributed by atoms with E-state index in [4.69, 9.17) is 4.74 Å². The van der Waals surface area contributed by atoms with Crippen molar-refractivity contribution >= 4 is 11.9 Å². The predicted octanol–water partition coefficient (Wildman–Crippen LogP) is 3.93. The molecule has 0 saturated heterocycles. The summed E-state index contributed by atoms with van der Waals surface area (Å²) < 4.78 is 35.2. The normalized spacial score (nSPS) is 15.5. The molecule has 1 atom stereocenters. The second-order valence-corrected chi connectivity index (χ2v) is 8.71. The number of benzene rings is 2. The molecule has 9 heteroatoms. The number of esters is 1. The van der Waals surface area contributed by atoms with E-state index in [1.165, 1.54) is 33.8 Å². The number of hydrogen-bond acceptors (Lipinski definition) is 5. The number of hydrogen-bond donors (Lipinski definition) is 0. The van der Waals surface area contributed by atoms with Crippen LogP contribution in [-0.4, -0.2) is 39.6 Å². The van der Waals surface area contributed by atoms with Gasteiger partial charge in [-0.3, -0.25) is 19.1 Å². The topological polar surface area (TPSA) is 81.5 Å². The number of carbonyl (C=O) groups excluding carboxylic acids is 2. The van der Waals surface area contributed by atoms with Crippen molar-refractivity contribution in [3.8, 4) is 5.75 Å². The van der Waals surface area contributed by atoms with Crippen LogP contribution in [0.2, 0.25) is 0 Å². The number of carbonyl (C=O) groups is 2. The predicted molar refractivity (Wildman–Crippen MR) is 124 cm³/mol. The molecule has 4 rings (SSSR count). The third kappa shape index (κ3) is 4.71. The van der Waals surface area contributed by atoms with Gasteiger partial charge in [-0.2, -0.15) is 5.10 Å². The third-order valence-corrected chi connectivity index (χ3v) is 6.03. The largest absolute Gasteiger partial charge is 0.420 e. The number of fused-ring (bicyclic) bond motifs is 1. The maximum atomic E-state index is 14.3. The highest BCUT2D eigenvalue weighted by molar-refractivity contribution is 5.96. The smallest absolute Gasteiger partial charge is 0.313 e. The van der Waals surface area contributed by atoms with Gasteiger partial charge in [0, 0.05) is 19.0 Å². The first kappa shape index (κ1) is 24.3. The van der Waals surface area contributed by atoms with Crippen LogP contribution in [0.5, 0.6) is 5.75 Å². The molecule has 1 unspecified atom stereocenters. The molecule has 0 fully saturated rings. The molecule has 0 aliphatic carbocycles. The fourth-order valence-electron chi connectivity index (χ4n) is 4.31. The van der Waals surface area contributed by atoms with E-state index in [9.17, 15) is 23.2 Å². The van der Waals surface area contributed by atoms with Crippen LogP contribution in [0.3, 0.4) is 0 Å². The molecule has 7 nitrogen and oxygen atoms in total. The van der Waals surface area contributed by atoms with Crippen LogP contribution in [0.15, 0.2) is 59.5 Å². The summed E-state index contributed by atoms with van der Waals surface area (Å²) >= 11 is 0. The van der Waals surface area contributed by atoms with Gasteiger partial charge in [0.1, 0.15) is 11.6 Å². The van der Waals surface area contributed by atoms with E-state index in [2.05, 4.69) is 5.10 Å². The van der Waals surface area contributed by atoms with Gasteiger partial charge in [0.2, 0.25) is 11.2 Å². The fraction of sp³-hybridized carbons (Fsp3) is 0.308.